The molecule has 0 amide bonds. The van der Waals surface area contributed by atoms with E-state index in [1.807, 2.05) is 60.7 Å². The minimum atomic E-state index is 0.0136. The highest BCUT2D eigenvalue weighted by Crippen LogP contribution is 2.43. The van der Waals surface area contributed by atoms with Crippen LogP contribution in [0, 0.1) is 55.4 Å². The number of anilines is 12. The van der Waals surface area contributed by atoms with Crippen molar-refractivity contribution in [3.8, 4) is 11.5 Å². The van der Waals surface area contributed by atoms with Crippen molar-refractivity contribution in [2.75, 3.05) is 46.0 Å². The Morgan fingerprint density at radius 3 is 0.648 bits per heavy atom. The number of hydrogen-bond acceptors (Lipinski definition) is 10. The Bertz CT molecular complexity index is 5910. The number of carbonyl (C=O) groups excluding carboxylic acids is 1. The summed E-state index contributed by atoms with van der Waals surface area (Å²) in [6.45, 7) is 26.5. The second-order valence-corrected chi connectivity index (χ2v) is 33.2. The Labute approximate surface area is 758 Å². The monoisotopic (exact) mass is 1690 g/mol. The van der Waals surface area contributed by atoms with Gasteiger partial charge in [0, 0.05) is 97.5 Å². The normalized spacial score (nSPS) is 11.8. The quantitative estimate of drug-likeness (QED) is 0.0410. The molecule has 128 heavy (non-hydrogen) atoms. The summed E-state index contributed by atoms with van der Waals surface area (Å²) < 4.78 is 11.1. The first-order valence-electron chi connectivity index (χ1n) is 44.3. The van der Waals surface area contributed by atoms with Crippen LogP contribution in [-0.2, 0) is 6.61 Å². The van der Waals surface area contributed by atoms with Gasteiger partial charge < -0.3 is 44.4 Å². The summed E-state index contributed by atoms with van der Waals surface area (Å²) in [7, 11) is 0. The fourth-order valence-electron chi connectivity index (χ4n) is 15.6. The summed E-state index contributed by atoms with van der Waals surface area (Å²) in [6, 6.07) is 137. The second kappa shape index (κ2) is 44.6. The second-order valence-electron chi connectivity index (χ2n) is 33.2. The average Bonchev–Trinajstić information content (AvgIpc) is 0.810. The van der Waals surface area contributed by atoms with Crippen LogP contribution in [0.4, 0.5) is 68.2 Å². The van der Waals surface area contributed by atoms with Crippen LogP contribution in [0.15, 0.2) is 388 Å². The summed E-state index contributed by atoms with van der Waals surface area (Å²) in [6.07, 6.45) is 0.883. The molecule has 0 heterocycles. The van der Waals surface area contributed by atoms with Crippen LogP contribution in [0.5, 0.6) is 11.5 Å². The first-order chi connectivity index (χ1) is 62.2. The highest BCUT2D eigenvalue weighted by Gasteiger charge is 2.21. The Balaban J connectivity index is 0.000000146. The Morgan fingerprint density at radius 1 is 0.234 bits per heavy atom. The minimum absolute atomic E-state index is 0.0136. The van der Waals surface area contributed by atoms with Gasteiger partial charge in [-0.2, -0.15) is 0 Å². The molecule has 0 fully saturated rings. The zero-order valence-electron chi connectivity index (χ0n) is 75.7. The summed E-state index contributed by atoms with van der Waals surface area (Å²) in [4.78, 5) is 20.1. The summed E-state index contributed by atoms with van der Waals surface area (Å²) in [5, 5.41) is 27.2. The molecule has 0 aliphatic carbocycles. The van der Waals surface area contributed by atoms with Crippen molar-refractivity contribution in [3.05, 3.63) is 488 Å². The smallest absolute Gasteiger partial charge is 0.150 e. The van der Waals surface area contributed by atoms with Gasteiger partial charge in [-0.05, 0) is 275 Å². The van der Waals surface area contributed by atoms with Crippen LogP contribution in [0.3, 0.4) is 0 Å². The van der Waals surface area contributed by atoms with E-state index in [4.69, 9.17) is 19.7 Å². The minimum Gasteiger partial charge on any atom is -0.491 e. The third kappa shape index (κ3) is 24.3. The van der Waals surface area contributed by atoms with Crippen molar-refractivity contribution in [2.45, 2.75) is 113 Å². The van der Waals surface area contributed by atoms with E-state index in [-0.39, 0.29) is 43.5 Å². The van der Waals surface area contributed by atoms with Gasteiger partial charge in [-0.15, -0.1) is 0 Å². The van der Waals surface area contributed by atoms with E-state index in [1.165, 1.54) is 89.0 Å². The lowest BCUT2D eigenvalue weighted by Crippen LogP contribution is -2.10. The molecule has 0 bridgehead atoms. The van der Waals surface area contributed by atoms with Gasteiger partial charge in [-0.3, -0.25) is 4.79 Å². The molecule has 0 saturated heterocycles. The van der Waals surface area contributed by atoms with Crippen molar-refractivity contribution in [3.63, 3.8) is 0 Å². The van der Waals surface area contributed by atoms with Crippen LogP contribution in [-0.4, -0.2) is 48.0 Å². The number of aliphatic hydroxyl groups excluding tert-OH is 3. The maximum atomic E-state index is 10.9. The predicted molar refractivity (Wildman–Crippen MR) is 535 cm³/mol. The molecular weight excluding hydrogens is 1570 g/mol. The van der Waals surface area contributed by atoms with E-state index >= 15 is 0 Å². The Morgan fingerprint density at radius 2 is 0.430 bits per heavy atom. The molecule has 0 saturated carbocycles. The molecule has 16 aromatic carbocycles. The molecule has 10 nitrogen and oxygen atoms in total. The molecule has 0 spiro atoms. The number of hydrogen-bond donors (Lipinski definition) is 3. The fourth-order valence-corrected chi connectivity index (χ4v) is 15.6. The number of ether oxygens (including phenoxy) is 2. The van der Waals surface area contributed by atoms with E-state index in [1.54, 1.807) is 0 Å². The zero-order chi connectivity index (χ0) is 90.0. The summed E-state index contributed by atoms with van der Waals surface area (Å²) >= 11 is 0. The molecule has 10 heteroatoms. The molecule has 646 valence electrons. The van der Waals surface area contributed by atoms with E-state index in [0.29, 0.717) is 18.8 Å². The van der Waals surface area contributed by atoms with Crippen molar-refractivity contribution in [1.29, 1.82) is 0 Å². The molecule has 3 N–H and O–H groups in total. The lowest BCUT2D eigenvalue weighted by molar-refractivity contribution is 0.112. The zero-order valence-corrected chi connectivity index (χ0v) is 75.7. The summed E-state index contributed by atoms with van der Waals surface area (Å²) in [5.74, 6) is 2.59. The first-order valence-corrected chi connectivity index (χ1v) is 44.3. The largest absolute Gasteiger partial charge is 0.491 e. The van der Waals surface area contributed by atoms with Gasteiger partial charge in [-0.1, -0.05) is 291 Å². The highest BCUT2D eigenvalue weighted by molar-refractivity contribution is 5.81. The van der Waals surface area contributed by atoms with Crippen molar-refractivity contribution in [2.24, 2.45) is 0 Å². The van der Waals surface area contributed by atoms with E-state index in [2.05, 4.69) is 430 Å². The van der Waals surface area contributed by atoms with Gasteiger partial charge >= 0.3 is 0 Å². The number of aliphatic hydroxyl groups is 3. The van der Waals surface area contributed by atoms with Gasteiger partial charge in [-0.25, -0.2) is 0 Å². The van der Waals surface area contributed by atoms with Crippen molar-refractivity contribution in [1.82, 2.24) is 0 Å². The molecule has 0 aromatic heterocycles. The number of aryl methyl sites for hydroxylation is 8. The maximum absolute atomic E-state index is 10.9. The lowest BCUT2D eigenvalue weighted by Gasteiger charge is -2.26. The number of rotatable bonds is 28. The van der Waals surface area contributed by atoms with Gasteiger partial charge in [0.05, 0.1) is 19.8 Å². The van der Waals surface area contributed by atoms with E-state index < -0.39 is 0 Å². The lowest BCUT2D eigenvalue weighted by atomic mass is 9.92. The molecule has 16 aromatic rings. The SMILES string of the molecule is Cc1ccc(N(c2ccc(C)cc2)c2ccc(C(C)c3ccc(C=O)cc3)cc2)cc1.Cc1ccc(N(c2ccc(C)cc2)c2ccc(C(C)c3ccc(CO)cc3)cc2)cc1.Cc1ccc(N(c2ccc(C)cc2)c2ccc(C(C)c3ccc(OCCO)cc3)cc2)cc1.Cc1ccc(N(c2ccc(C)cc2)c2ccc(C(C)c3cccc(OCCO)c3)cc2)cc1. The third-order valence-corrected chi connectivity index (χ3v) is 23.6. The van der Waals surface area contributed by atoms with E-state index in [0.717, 1.165) is 91.6 Å². The van der Waals surface area contributed by atoms with Crippen LogP contribution >= 0.6 is 0 Å². The topological polar surface area (TPSA) is 109 Å². The molecule has 0 aliphatic heterocycles. The van der Waals surface area contributed by atoms with Crippen molar-refractivity contribution < 1.29 is 29.6 Å². The number of aldehydes is 1. The molecular formula is C118H118N4O6. The summed E-state index contributed by atoms with van der Waals surface area (Å²) in [5.41, 5.74) is 35.2. The Hall–Kier alpha value is -14.1. The van der Waals surface area contributed by atoms with E-state index in [9.17, 15) is 9.90 Å². The standard InChI is InChI=1S/2C30H31NO2.C29H29NO.C29H27NO/c1-22-4-12-27(13-5-22)31(28-14-6-23(2)7-15-28)29-16-8-25(9-17-29)24(3)26-10-18-30(19-11-26)33-21-20-32;1-22-7-13-27(14-8-22)31(28-15-9-23(2)10-16-28)29-17-11-25(12-18-29)24(3)26-5-4-6-30(21-26)33-20-19-32;2*1-21-4-14-27(15-5-21)30(28-16-6-22(2)7-17-28)29-18-12-26(13-19-29)23(3)25-10-8-24(20-31)9-11-25/h4-19,24,32H,20-21H2,1-3H3;4-18,21,24,32H,19-20H2,1-3H3;4-19,23,31H,20H2,1-3H3;4-20,23H,1-3H3. The van der Waals surface area contributed by atoms with Crippen LogP contribution in [0.1, 0.15) is 156 Å². The number of benzene rings is 16. The molecule has 0 aliphatic rings. The first kappa shape index (κ1) is 91.6. The van der Waals surface area contributed by atoms with Crippen LogP contribution in [0.2, 0.25) is 0 Å². The maximum Gasteiger partial charge on any atom is 0.150 e. The molecule has 4 atom stereocenters. The van der Waals surface area contributed by atoms with Crippen molar-refractivity contribution >= 4 is 74.5 Å². The average molecular weight is 1690 g/mol. The van der Waals surface area contributed by atoms with Gasteiger partial charge in [0.2, 0.25) is 0 Å². The van der Waals surface area contributed by atoms with Crippen LogP contribution < -0.4 is 29.1 Å². The highest BCUT2D eigenvalue weighted by atomic mass is 16.5. The molecule has 4 unspecified atom stereocenters. The van der Waals surface area contributed by atoms with Crippen LogP contribution in [0.25, 0.3) is 0 Å². The number of nitrogens with zero attached hydrogens (tertiary/aromatic N) is 4. The Kier molecular flexibility index (Phi) is 31.9. The third-order valence-electron chi connectivity index (χ3n) is 23.6. The van der Waals surface area contributed by atoms with Gasteiger partial charge in [0.1, 0.15) is 31.0 Å². The van der Waals surface area contributed by atoms with Gasteiger partial charge in [0.15, 0.2) is 0 Å². The molecule has 0 radical (unpaired) electrons. The fraction of sp³-hybridized carbons (Fsp3) is 0.178. The predicted octanol–water partition coefficient (Wildman–Crippen LogP) is 29.7. The molecule has 16 rings (SSSR count). The number of carbonyl (C=O) groups is 1. The van der Waals surface area contributed by atoms with Gasteiger partial charge in [0.25, 0.3) is 0 Å².